The molecule has 3 rings (SSSR count). The second-order valence-corrected chi connectivity index (χ2v) is 7.12. The Morgan fingerprint density at radius 1 is 1.21 bits per heavy atom. The molecule has 0 amide bonds. The van der Waals surface area contributed by atoms with Crippen molar-refractivity contribution in [1.82, 2.24) is 4.98 Å². The molecule has 0 fully saturated rings. The van der Waals surface area contributed by atoms with Gasteiger partial charge in [-0.25, -0.2) is 9.37 Å². The molecule has 29 heavy (non-hydrogen) atoms. The summed E-state index contributed by atoms with van der Waals surface area (Å²) in [5.41, 5.74) is 0.609. The van der Waals surface area contributed by atoms with Gasteiger partial charge in [-0.3, -0.25) is 4.79 Å². The topological polar surface area (TPSA) is 59.4 Å². The predicted octanol–water partition coefficient (Wildman–Crippen LogP) is 5.74. The zero-order chi connectivity index (χ0) is 21.2. The Morgan fingerprint density at radius 3 is 2.48 bits per heavy atom. The van der Waals surface area contributed by atoms with Gasteiger partial charge in [-0.1, -0.05) is 18.2 Å². The molecule has 152 valence electrons. The van der Waals surface area contributed by atoms with Gasteiger partial charge in [0.05, 0.1) is 17.2 Å². The zero-order valence-corrected chi connectivity index (χ0v) is 15.9. The number of nitrogens with zero attached hydrogens (tertiary/aromatic N) is 1. The summed E-state index contributed by atoms with van der Waals surface area (Å²) in [6.45, 7) is 1.41. The van der Waals surface area contributed by atoms with Gasteiger partial charge >= 0.3 is 12.1 Å². The molecule has 0 radical (unpaired) electrons. The Balaban J connectivity index is 1.67. The molecule has 9 heteroatoms. The Kier molecular flexibility index (Phi) is 5.88. The van der Waals surface area contributed by atoms with E-state index in [2.05, 4.69) is 4.98 Å². The van der Waals surface area contributed by atoms with Crippen molar-refractivity contribution in [3.8, 4) is 16.3 Å². The molecular formula is C20H15F4NO3S. The summed E-state index contributed by atoms with van der Waals surface area (Å²) in [6, 6.07) is 8.61. The number of rotatable bonds is 6. The van der Waals surface area contributed by atoms with Crippen LogP contribution in [0.2, 0.25) is 0 Å². The fraction of sp³-hybridized carbons (Fsp3) is 0.200. The minimum Gasteiger partial charge on any atom is -0.484 e. The molecule has 0 aliphatic carbocycles. The third-order valence-corrected chi connectivity index (χ3v) is 5.15. The van der Waals surface area contributed by atoms with Crippen molar-refractivity contribution in [1.29, 1.82) is 0 Å². The van der Waals surface area contributed by atoms with E-state index in [1.165, 1.54) is 42.5 Å². The lowest BCUT2D eigenvalue weighted by Crippen LogP contribution is -2.08. The van der Waals surface area contributed by atoms with Crippen LogP contribution >= 0.6 is 11.3 Å². The Bertz CT molecular complexity index is 1020. The van der Waals surface area contributed by atoms with Crippen molar-refractivity contribution < 1.29 is 32.2 Å². The van der Waals surface area contributed by atoms with Crippen LogP contribution in [0.4, 0.5) is 17.6 Å². The summed E-state index contributed by atoms with van der Waals surface area (Å²) in [5, 5.41) is 11.2. The number of thiazole rings is 1. The molecule has 0 aliphatic heterocycles. The van der Waals surface area contributed by atoms with Gasteiger partial charge in [0.15, 0.2) is 11.6 Å². The first-order valence-electron chi connectivity index (χ1n) is 8.42. The van der Waals surface area contributed by atoms with E-state index in [1.54, 1.807) is 5.38 Å². The van der Waals surface area contributed by atoms with Gasteiger partial charge in [0.2, 0.25) is 0 Å². The molecule has 1 aromatic heterocycles. The number of aliphatic carboxylic acids is 1. The van der Waals surface area contributed by atoms with Gasteiger partial charge in [-0.15, -0.1) is 11.3 Å². The fourth-order valence-electron chi connectivity index (χ4n) is 2.51. The van der Waals surface area contributed by atoms with Crippen molar-refractivity contribution in [2.24, 2.45) is 0 Å². The highest BCUT2D eigenvalue weighted by molar-refractivity contribution is 7.13. The van der Waals surface area contributed by atoms with Gasteiger partial charge in [-0.05, 0) is 36.8 Å². The van der Waals surface area contributed by atoms with Crippen LogP contribution in [-0.2, 0) is 17.6 Å². The molecule has 0 aliphatic rings. The highest BCUT2D eigenvalue weighted by atomic mass is 32.1. The van der Waals surface area contributed by atoms with E-state index in [9.17, 15) is 22.4 Å². The monoisotopic (exact) mass is 425 g/mol. The van der Waals surface area contributed by atoms with Crippen LogP contribution in [-0.4, -0.2) is 16.1 Å². The highest BCUT2D eigenvalue weighted by Crippen LogP contribution is 2.32. The smallest absolute Gasteiger partial charge is 0.416 e. The van der Waals surface area contributed by atoms with Crippen molar-refractivity contribution in [3.63, 3.8) is 0 Å². The van der Waals surface area contributed by atoms with Gasteiger partial charge in [0.25, 0.3) is 0 Å². The first-order valence-corrected chi connectivity index (χ1v) is 9.30. The number of hydrogen-bond acceptors (Lipinski definition) is 4. The molecule has 1 heterocycles. The second kappa shape index (κ2) is 8.20. The molecule has 1 unspecified atom stereocenters. The van der Waals surface area contributed by atoms with E-state index in [0.717, 1.165) is 18.2 Å². The van der Waals surface area contributed by atoms with Crippen molar-refractivity contribution in [3.05, 3.63) is 70.5 Å². The lowest BCUT2D eigenvalue weighted by Gasteiger charge is -2.10. The number of benzene rings is 2. The largest absolute Gasteiger partial charge is 0.484 e. The average Bonchev–Trinajstić information content (AvgIpc) is 3.14. The molecule has 3 aromatic rings. The van der Waals surface area contributed by atoms with Crippen molar-refractivity contribution in [2.75, 3.05) is 0 Å². The summed E-state index contributed by atoms with van der Waals surface area (Å²) in [4.78, 5) is 15.3. The van der Waals surface area contributed by atoms with E-state index < -0.39 is 29.4 Å². The van der Waals surface area contributed by atoms with E-state index in [4.69, 9.17) is 9.84 Å². The predicted molar refractivity (Wildman–Crippen MR) is 99.3 cm³/mol. The summed E-state index contributed by atoms with van der Waals surface area (Å²) >= 11 is 1.23. The molecule has 2 aromatic carbocycles. The quantitative estimate of drug-likeness (QED) is 0.512. The van der Waals surface area contributed by atoms with Crippen LogP contribution in [0.5, 0.6) is 5.75 Å². The number of hydrogen-bond donors (Lipinski definition) is 1. The minimum atomic E-state index is -4.40. The van der Waals surface area contributed by atoms with Crippen LogP contribution in [0.3, 0.4) is 0 Å². The summed E-state index contributed by atoms with van der Waals surface area (Å²) in [7, 11) is 0. The normalized spacial score (nSPS) is 12.6. The number of carboxylic acids is 1. The minimum absolute atomic E-state index is 0.0398. The SMILES string of the molecule is CC(C(=O)O)c1ccc(OCc2csc(-c3ccc(C(F)(F)F)cc3)n2)c(F)c1. The molecule has 0 bridgehead atoms. The number of carboxylic acid groups (broad SMARTS) is 1. The fourth-order valence-corrected chi connectivity index (χ4v) is 3.32. The van der Waals surface area contributed by atoms with Crippen LogP contribution < -0.4 is 4.74 Å². The highest BCUT2D eigenvalue weighted by Gasteiger charge is 2.30. The first-order chi connectivity index (χ1) is 13.6. The lowest BCUT2D eigenvalue weighted by molar-refractivity contribution is -0.138. The van der Waals surface area contributed by atoms with Crippen molar-refractivity contribution >= 4 is 17.3 Å². The summed E-state index contributed by atoms with van der Waals surface area (Å²) in [6.07, 6.45) is -4.40. The maximum atomic E-state index is 14.2. The second-order valence-electron chi connectivity index (χ2n) is 6.26. The van der Waals surface area contributed by atoms with E-state index in [0.29, 0.717) is 21.8 Å². The molecular weight excluding hydrogens is 410 g/mol. The van der Waals surface area contributed by atoms with Gasteiger partial charge < -0.3 is 9.84 Å². The van der Waals surface area contributed by atoms with Gasteiger partial charge in [0.1, 0.15) is 11.6 Å². The average molecular weight is 425 g/mol. The maximum Gasteiger partial charge on any atom is 0.416 e. The maximum absolute atomic E-state index is 14.2. The number of ether oxygens (including phenoxy) is 1. The van der Waals surface area contributed by atoms with Crippen LogP contribution in [0.1, 0.15) is 29.7 Å². The number of alkyl halides is 3. The zero-order valence-electron chi connectivity index (χ0n) is 15.0. The van der Waals surface area contributed by atoms with E-state index in [1.807, 2.05) is 0 Å². The third kappa shape index (κ3) is 4.92. The van der Waals surface area contributed by atoms with Crippen molar-refractivity contribution in [2.45, 2.75) is 25.6 Å². The molecule has 1 atom stereocenters. The Hall–Kier alpha value is -2.94. The standard InChI is InChI=1S/C20H15F4NO3S/c1-11(19(26)27)13-4-7-17(16(21)8-13)28-9-15-10-29-18(25-15)12-2-5-14(6-3-12)20(22,23)24/h2-8,10-11H,9H2,1H3,(H,26,27). The van der Waals surface area contributed by atoms with E-state index in [-0.39, 0.29) is 12.4 Å². The Labute approximate surface area is 167 Å². The Morgan fingerprint density at radius 2 is 1.90 bits per heavy atom. The molecule has 4 nitrogen and oxygen atoms in total. The molecule has 0 saturated heterocycles. The number of aromatic nitrogens is 1. The van der Waals surface area contributed by atoms with Crippen LogP contribution in [0, 0.1) is 5.82 Å². The molecule has 0 spiro atoms. The van der Waals surface area contributed by atoms with Gasteiger partial charge in [0, 0.05) is 10.9 Å². The van der Waals surface area contributed by atoms with Crippen LogP contribution in [0.15, 0.2) is 47.8 Å². The molecule has 1 N–H and O–H groups in total. The number of halogens is 4. The van der Waals surface area contributed by atoms with E-state index >= 15 is 0 Å². The number of carbonyl (C=O) groups is 1. The third-order valence-electron chi connectivity index (χ3n) is 4.21. The van der Waals surface area contributed by atoms with Crippen LogP contribution in [0.25, 0.3) is 10.6 Å². The van der Waals surface area contributed by atoms with Gasteiger partial charge in [-0.2, -0.15) is 13.2 Å². The summed E-state index contributed by atoms with van der Waals surface area (Å²) < 4.78 is 57.5. The lowest BCUT2D eigenvalue weighted by atomic mass is 10.0. The molecule has 0 saturated carbocycles. The first kappa shape index (κ1) is 20.8. The summed E-state index contributed by atoms with van der Waals surface area (Å²) in [5.74, 6) is -2.64.